The van der Waals surface area contributed by atoms with Crippen molar-refractivity contribution in [2.75, 3.05) is 0 Å². The molecule has 0 radical (unpaired) electrons. The predicted octanol–water partition coefficient (Wildman–Crippen LogP) is 3.65. The summed E-state index contributed by atoms with van der Waals surface area (Å²) >= 11 is 0. The number of hydrogen-bond acceptors (Lipinski definition) is 2. The Balaban J connectivity index is 2.50. The van der Waals surface area contributed by atoms with E-state index in [1.54, 1.807) is 12.1 Å². The molecule has 0 saturated carbocycles. The van der Waals surface area contributed by atoms with Crippen LogP contribution in [0.3, 0.4) is 0 Å². The Hall–Kier alpha value is -1.23. The van der Waals surface area contributed by atoms with Crippen molar-refractivity contribution < 1.29 is 17.9 Å². The summed E-state index contributed by atoms with van der Waals surface area (Å²) in [7, 11) is 0. The molecule has 5 heteroatoms. The fourth-order valence-corrected chi connectivity index (χ4v) is 1.70. The highest BCUT2D eigenvalue weighted by atomic mass is 19.4. The maximum atomic E-state index is 11.9. The lowest BCUT2D eigenvalue weighted by Crippen LogP contribution is -2.22. The van der Waals surface area contributed by atoms with E-state index in [1.165, 1.54) is 12.1 Å². The molecule has 0 saturated heterocycles. The van der Waals surface area contributed by atoms with E-state index < -0.39 is 6.36 Å². The summed E-state index contributed by atoms with van der Waals surface area (Å²) in [5, 5.41) is 0. The standard InChI is InChI=1S/C13H18F3NO/c1-2-3-4-11(17)9-10-5-7-12(8-6-10)18-13(14,15)16/h5-8,11H,2-4,9,17H2,1H3. The maximum absolute atomic E-state index is 11.9. The van der Waals surface area contributed by atoms with E-state index in [0.29, 0.717) is 6.42 Å². The van der Waals surface area contributed by atoms with Gasteiger partial charge in [0, 0.05) is 6.04 Å². The maximum Gasteiger partial charge on any atom is 0.573 e. The number of ether oxygens (including phenoxy) is 1. The first kappa shape index (κ1) is 14.8. The first-order valence-corrected chi connectivity index (χ1v) is 6.01. The van der Waals surface area contributed by atoms with E-state index in [0.717, 1.165) is 24.8 Å². The van der Waals surface area contributed by atoms with Crippen molar-refractivity contribution in [1.82, 2.24) is 0 Å². The average molecular weight is 261 g/mol. The van der Waals surface area contributed by atoms with Gasteiger partial charge in [0.1, 0.15) is 5.75 Å². The molecule has 0 fully saturated rings. The Morgan fingerprint density at radius 3 is 2.33 bits per heavy atom. The van der Waals surface area contributed by atoms with Gasteiger partial charge in [0.05, 0.1) is 0 Å². The quantitative estimate of drug-likeness (QED) is 0.848. The summed E-state index contributed by atoms with van der Waals surface area (Å²) < 4.78 is 39.6. The molecule has 0 aliphatic rings. The molecule has 1 rings (SSSR count). The van der Waals surface area contributed by atoms with Gasteiger partial charge in [-0.15, -0.1) is 13.2 Å². The summed E-state index contributed by atoms with van der Waals surface area (Å²) in [5.41, 5.74) is 6.84. The van der Waals surface area contributed by atoms with Crippen molar-refractivity contribution in [3.05, 3.63) is 29.8 Å². The molecule has 1 aromatic carbocycles. The van der Waals surface area contributed by atoms with Gasteiger partial charge in [-0.3, -0.25) is 0 Å². The van der Waals surface area contributed by atoms with Crippen LogP contribution in [0.15, 0.2) is 24.3 Å². The van der Waals surface area contributed by atoms with Crippen LogP contribution in [-0.2, 0) is 6.42 Å². The van der Waals surface area contributed by atoms with E-state index in [4.69, 9.17) is 5.73 Å². The second-order valence-electron chi connectivity index (χ2n) is 4.30. The molecule has 0 aliphatic carbocycles. The Kier molecular flexibility index (Phi) is 5.47. The van der Waals surface area contributed by atoms with Gasteiger partial charge in [-0.1, -0.05) is 31.9 Å². The molecule has 0 bridgehead atoms. The van der Waals surface area contributed by atoms with E-state index in [9.17, 15) is 13.2 Å². The van der Waals surface area contributed by atoms with Crippen LogP contribution in [0.5, 0.6) is 5.75 Å². The van der Waals surface area contributed by atoms with Gasteiger partial charge in [0.2, 0.25) is 0 Å². The Bertz CT molecular complexity index is 348. The summed E-state index contributed by atoms with van der Waals surface area (Å²) in [6, 6.07) is 5.92. The first-order valence-electron chi connectivity index (χ1n) is 6.01. The normalized spacial score (nSPS) is 13.4. The summed E-state index contributed by atoms with van der Waals surface area (Å²) in [4.78, 5) is 0. The van der Waals surface area contributed by atoms with Crippen LogP contribution in [0.1, 0.15) is 31.7 Å². The van der Waals surface area contributed by atoms with Gasteiger partial charge in [0.15, 0.2) is 0 Å². The zero-order valence-electron chi connectivity index (χ0n) is 10.3. The molecular formula is C13H18F3NO. The third kappa shape index (κ3) is 5.91. The van der Waals surface area contributed by atoms with E-state index in [1.807, 2.05) is 0 Å². The van der Waals surface area contributed by atoms with Crippen molar-refractivity contribution in [2.45, 2.75) is 45.0 Å². The first-order chi connectivity index (χ1) is 8.40. The van der Waals surface area contributed by atoms with Crippen molar-refractivity contribution in [1.29, 1.82) is 0 Å². The van der Waals surface area contributed by atoms with Gasteiger partial charge < -0.3 is 10.5 Å². The molecule has 2 nitrogen and oxygen atoms in total. The van der Waals surface area contributed by atoms with Crippen molar-refractivity contribution in [3.8, 4) is 5.75 Å². The second kappa shape index (κ2) is 6.64. The summed E-state index contributed by atoms with van der Waals surface area (Å²) in [5.74, 6) is -0.201. The Morgan fingerprint density at radius 2 is 1.83 bits per heavy atom. The average Bonchev–Trinajstić information content (AvgIpc) is 2.27. The number of nitrogens with two attached hydrogens (primary N) is 1. The molecule has 0 amide bonds. The minimum Gasteiger partial charge on any atom is -0.406 e. The molecule has 102 valence electrons. The SMILES string of the molecule is CCCCC(N)Cc1ccc(OC(F)(F)F)cc1. The molecule has 0 aromatic heterocycles. The predicted molar refractivity (Wildman–Crippen MR) is 64.3 cm³/mol. The van der Waals surface area contributed by atoms with Gasteiger partial charge in [-0.2, -0.15) is 0 Å². The van der Waals surface area contributed by atoms with E-state index >= 15 is 0 Å². The third-order valence-corrected chi connectivity index (χ3v) is 2.58. The van der Waals surface area contributed by atoms with Gasteiger partial charge >= 0.3 is 6.36 Å². The molecule has 2 N–H and O–H groups in total. The Morgan fingerprint density at radius 1 is 1.22 bits per heavy atom. The fraction of sp³-hybridized carbons (Fsp3) is 0.538. The number of alkyl halides is 3. The minimum absolute atomic E-state index is 0.0549. The van der Waals surface area contributed by atoms with E-state index in [2.05, 4.69) is 11.7 Å². The van der Waals surface area contributed by atoms with Crippen molar-refractivity contribution >= 4 is 0 Å². The second-order valence-corrected chi connectivity index (χ2v) is 4.30. The molecule has 1 atom stereocenters. The molecule has 18 heavy (non-hydrogen) atoms. The largest absolute Gasteiger partial charge is 0.573 e. The topological polar surface area (TPSA) is 35.2 Å². The van der Waals surface area contributed by atoms with Gasteiger partial charge in [-0.25, -0.2) is 0 Å². The van der Waals surface area contributed by atoms with Crippen LogP contribution in [0.25, 0.3) is 0 Å². The number of halogens is 3. The lowest BCUT2D eigenvalue weighted by atomic mass is 10.0. The number of unbranched alkanes of at least 4 members (excludes halogenated alkanes) is 1. The molecule has 1 unspecified atom stereocenters. The van der Waals surface area contributed by atoms with Crippen LogP contribution in [-0.4, -0.2) is 12.4 Å². The highest BCUT2D eigenvalue weighted by molar-refractivity contribution is 5.27. The Labute approximate surface area is 105 Å². The third-order valence-electron chi connectivity index (χ3n) is 2.58. The molecular weight excluding hydrogens is 243 g/mol. The summed E-state index contributed by atoms with van der Waals surface area (Å²) in [6.45, 7) is 2.09. The van der Waals surface area contributed by atoms with Crippen LogP contribution in [0, 0.1) is 0 Å². The lowest BCUT2D eigenvalue weighted by molar-refractivity contribution is -0.274. The van der Waals surface area contributed by atoms with Crippen LogP contribution < -0.4 is 10.5 Å². The summed E-state index contributed by atoms with van der Waals surface area (Å²) in [6.07, 6.45) is -0.884. The number of rotatable bonds is 6. The van der Waals surface area contributed by atoms with E-state index in [-0.39, 0.29) is 11.8 Å². The minimum atomic E-state index is -4.64. The van der Waals surface area contributed by atoms with Gasteiger partial charge in [0.25, 0.3) is 0 Å². The lowest BCUT2D eigenvalue weighted by Gasteiger charge is -2.12. The zero-order valence-corrected chi connectivity index (χ0v) is 10.3. The van der Waals surface area contributed by atoms with Crippen LogP contribution in [0.4, 0.5) is 13.2 Å². The number of hydrogen-bond donors (Lipinski definition) is 1. The fourth-order valence-electron chi connectivity index (χ4n) is 1.70. The highest BCUT2D eigenvalue weighted by Crippen LogP contribution is 2.23. The smallest absolute Gasteiger partial charge is 0.406 e. The van der Waals surface area contributed by atoms with Crippen LogP contribution in [0.2, 0.25) is 0 Å². The van der Waals surface area contributed by atoms with Crippen molar-refractivity contribution in [2.24, 2.45) is 5.73 Å². The monoisotopic (exact) mass is 261 g/mol. The number of benzene rings is 1. The highest BCUT2D eigenvalue weighted by Gasteiger charge is 2.30. The molecule has 0 spiro atoms. The molecule has 0 aliphatic heterocycles. The zero-order chi connectivity index (χ0) is 13.6. The van der Waals surface area contributed by atoms with Crippen LogP contribution >= 0.6 is 0 Å². The molecule has 0 heterocycles. The molecule has 1 aromatic rings. The van der Waals surface area contributed by atoms with Gasteiger partial charge in [-0.05, 0) is 30.5 Å². The van der Waals surface area contributed by atoms with Crippen molar-refractivity contribution in [3.63, 3.8) is 0 Å².